The van der Waals surface area contributed by atoms with Crippen molar-refractivity contribution in [2.24, 2.45) is 5.10 Å². The number of fused-ring (bicyclic) bond motifs is 2. The van der Waals surface area contributed by atoms with Crippen molar-refractivity contribution < 1.29 is 0 Å². The molecule has 2 heterocycles. The Balaban J connectivity index is 1.74. The topological polar surface area (TPSA) is 46.0 Å². The van der Waals surface area contributed by atoms with E-state index in [2.05, 4.69) is 64.8 Å². The molecule has 0 radical (unpaired) electrons. The van der Waals surface area contributed by atoms with Gasteiger partial charge in [0.15, 0.2) is 5.82 Å². The average molecular weight is 387 g/mol. The summed E-state index contributed by atoms with van der Waals surface area (Å²) in [6, 6.07) is 22.9. The van der Waals surface area contributed by atoms with Gasteiger partial charge in [-0.3, -0.25) is 0 Å². The molecule has 5 aromatic rings. The smallest absolute Gasteiger partial charge is 0.216 e. The molecule has 3 aromatic carbocycles. The van der Waals surface area contributed by atoms with Crippen LogP contribution in [0.3, 0.4) is 0 Å². The van der Waals surface area contributed by atoms with Crippen molar-refractivity contribution in [3.63, 3.8) is 0 Å². The molecule has 5 rings (SSSR count). The molecule has 27 heavy (non-hydrogen) atoms. The molecule has 2 aromatic heterocycles. The Morgan fingerprint density at radius 3 is 2.33 bits per heavy atom. The summed E-state index contributed by atoms with van der Waals surface area (Å²) in [5, 5.41) is 18.6. The standard InChI is InChI=1S/C21H14N4S2/c26-21-24-23-20(19-10-5-11-27-19)25(21)22-13-18-16-8-3-1-6-14(16)12-15-7-2-4-9-17(15)18/h1-13H,(H,24,26)/b22-13+. The molecule has 0 unspecified atom stereocenters. The monoisotopic (exact) mass is 386 g/mol. The summed E-state index contributed by atoms with van der Waals surface area (Å²) in [4.78, 5) is 1.02. The molecule has 4 nitrogen and oxygen atoms in total. The van der Waals surface area contributed by atoms with Crippen LogP contribution < -0.4 is 0 Å². The van der Waals surface area contributed by atoms with Crippen LogP contribution in [-0.4, -0.2) is 21.1 Å². The lowest BCUT2D eigenvalue weighted by atomic mass is 9.97. The molecule has 0 amide bonds. The lowest BCUT2D eigenvalue weighted by Crippen LogP contribution is -1.95. The summed E-state index contributed by atoms with van der Waals surface area (Å²) < 4.78 is 2.15. The number of nitrogens with zero attached hydrogens (tertiary/aromatic N) is 3. The van der Waals surface area contributed by atoms with Gasteiger partial charge in [0.25, 0.3) is 0 Å². The molecule has 130 valence electrons. The first-order valence-electron chi connectivity index (χ1n) is 8.47. The molecule has 1 N–H and O–H groups in total. The zero-order valence-corrected chi connectivity index (χ0v) is 15.8. The van der Waals surface area contributed by atoms with Gasteiger partial charge in [0.2, 0.25) is 4.77 Å². The van der Waals surface area contributed by atoms with Gasteiger partial charge in [0, 0.05) is 5.56 Å². The number of H-pyrrole nitrogens is 1. The summed E-state index contributed by atoms with van der Waals surface area (Å²) in [7, 11) is 0. The Hall–Kier alpha value is -3.09. The van der Waals surface area contributed by atoms with E-state index >= 15 is 0 Å². The van der Waals surface area contributed by atoms with Gasteiger partial charge >= 0.3 is 0 Å². The first-order valence-corrected chi connectivity index (χ1v) is 9.76. The van der Waals surface area contributed by atoms with Crippen LogP contribution >= 0.6 is 23.6 Å². The van der Waals surface area contributed by atoms with Crippen LogP contribution in [0.4, 0.5) is 0 Å². The van der Waals surface area contributed by atoms with Crippen molar-refractivity contribution in [2.75, 3.05) is 0 Å². The number of aromatic nitrogens is 3. The fraction of sp³-hybridized carbons (Fsp3) is 0. The molecule has 0 spiro atoms. The quantitative estimate of drug-likeness (QED) is 0.240. The predicted octanol–water partition coefficient (Wildman–Crippen LogP) is 5.86. The Morgan fingerprint density at radius 2 is 1.67 bits per heavy atom. The molecule has 0 atom stereocenters. The second-order valence-corrected chi connectivity index (χ2v) is 7.45. The third-order valence-electron chi connectivity index (χ3n) is 4.51. The number of benzene rings is 3. The summed E-state index contributed by atoms with van der Waals surface area (Å²) in [6.45, 7) is 0. The van der Waals surface area contributed by atoms with Crippen molar-refractivity contribution in [1.29, 1.82) is 0 Å². The van der Waals surface area contributed by atoms with Crippen LogP contribution in [0.2, 0.25) is 0 Å². The SMILES string of the molecule is S=c1[nH]nc(-c2cccs2)n1/N=C/c1c2ccccc2cc2ccccc12. The lowest BCUT2D eigenvalue weighted by molar-refractivity contribution is 0.874. The van der Waals surface area contributed by atoms with Crippen molar-refractivity contribution in [3.8, 4) is 10.7 Å². The van der Waals surface area contributed by atoms with E-state index in [4.69, 9.17) is 17.3 Å². The van der Waals surface area contributed by atoms with Gasteiger partial charge in [-0.1, -0.05) is 54.6 Å². The van der Waals surface area contributed by atoms with Gasteiger partial charge in [-0.2, -0.15) is 14.9 Å². The van der Waals surface area contributed by atoms with E-state index in [1.807, 2.05) is 23.7 Å². The van der Waals surface area contributed by atoms with Gasteiger partial charge in [-0.05, 0) is 51.3 Å². The minimum atomic E-state index is 0.471. The fourth-order valence-electron chi connectivity index (χ4n) is 3.27. The van der Waals surface area contributed by atoms with Crippen LogP contribution in [0, 0.1) is 4.77 Å². The summed E-state index contributed by atoms with van der Waals surface area (Å²) in [5.74, 6) is 0.718. The highest BCUT2D eigenvalue weighted by atomic mass is 32.1. The van der Waals surface area contributed by atoms with Gasteiger partial charge in [0.1, 0.15) is 0 Å². The maximum atomic E-state index is 5.39. The maximum Gasteiger partial charge on any atom is 0.216 e. The van der Waals surface area contributed by atoms with Crippen molar-refractivity contribution in [2.45, 2.75) is 0 Å². The number of hydrogen-bond acceptors (Lipinski definition) is 4. The van der Waals surface area contributed by atoms with Crippen LogP contribution in [-0.2, 0) is 0 Å². The Labute approximate surface area is 164 Å². The van der Waals surface area contributed by atoms with Crippen LogP contribution in [0.25, 0.3) is 32.2 Å². The molecule has 0 saturated carbocycles. The number of thiophene rings is 1. The second kappa shape index (κ2) is 6.57. The summed E-state index contributed by atoms with van der Waals surface area (Å²) in [5.41, 5.74) is 1.07. The fourth-order valence-corrected chi connectivity index (χ4v) is 4.15. The molecule has 6 heteroatoms. The molecule has 0 aliphatic carbocycles. The van der Waals surface area contributed by atoms with Crippen molar-refractivity contribution in [3.05, 3.63) is 82.4 Å². The van der Waals surface area contributed by atoms with Crippen LogP contribution in [0.15, 0.2) is 77.2 Å². The van der Waals surface area contributed by atoms with E-state index in [0.717, 1.165) is 27.0 Å². The van der Waals surface area contributed by atoms with Gasteiger partial charge in [0.05, 0.1) is 11.1 Å². The zero-order chi connectivity index (χ0) is 18.2. The Kier molecular flexibility index (Phi) is 3.92. The molecular formula is C21H14N4S2. The third-order valence-corrected chi connectivity index (χ3v) is 5.64. The minimum Gasteiger partial charge on any atom is -0.250 e. The van der Waals surface area contributed by atoms with Crippen LogP contribution in [0.1, 0.15) is 5.56 Å². The molecule has 0 fully saturated rings. The molecular weight excluding hydrogens is 372 g/mol. The first kappa shape index (κ1) is 16.1. The van der Waals surface area contributed by atoms with E-state index in [9.17, 15) is 0 Å². The van der Waals surface area contributed by atoms with E-state index in [1.165, 1.54) is 10.8 Å². The third kappa shape index (κ3) is 2.79. The van der Waals surface area contributed by atoms with E-state index < -0.39 is 0 Å². The Morgan fingerprint density at radius 1 is 0.963 bits per heavy atom. The highest BCUT2D eigenvalue weighted by Crippen LogP contribution is 2.28. The minimum absolute atomic E-state index is 0.471. The molecule has 0 bridgehead atoms. The van der Waals surface area contributed by atoms with Crippen molar-refractivity contribution >= 4 is 51.3 Å². The highest BCUT2D eigenvalue weighted by Gasteiger charge is 2.10. The van der Waals surface area contributed by atoms with E-state index in [1.54, 1.807) is 16.0 Å². The summed E-state index contributed by atoms with van der Waals surface area (Å²) >= 11 is 7.00. The lowest BCUT2D eigenvalue weighted by Gasteiger charge is -2.08. The van der Waals surface area contributed by atoms with E-state index in [0.29, 0.717) is 4.77 Å². The number of rotatable bonds is 3. The Bertz CT molecular complexity index is 1290. The zero-order valence-electron chi connectivity index (χ0n) is 14.2. The average Bonchev–Trinajstić information content (AvgIpc) is 3.35. The first-order chi connectivity index (χ1) is 13.3. The second-order valence-electron chi connectivity index (χ2n) is 6.12. The van der Waals surface area contributed by atoms with Gasteiger partial charge in [-0.15, -0.1) is 11.3 Å². The largest absolute Gasteiger partial charge is 0.250 e. The van der Waals surface area contributed by atoms with Gasteiger partial charge < -0.3 is 0 Å². The molecule has 0 saturated heterocycles. The van der Waals surface area contributed by atoms with E-state index in [-0.39, 0.29) is 0 Å². The normalized spacial score (nSPS) is 11.7. The molecule has 0 aliphatic rings. The number of hydrogen-bond donors (Lipinski definition) is 1. The summed E-state index contributed by atoms with van der Waals surface area (Å²) in [6.07, 6.45) is 1.88. The number of nitrogens with one attached hydrogen (secondary N) is 1. The highest BCUT2D eigenvalue weighted by molar-refractivity contribution is 7.71. The molecule has 0 aliphatic heterocycles. The maximum absolute atomic E-state index is 5.39. The van der Waals surface area contributed by atoms with Crippen molar-refractivity contribution in [1.82, 2.24) is 14.9 Å². The predicted molar refractivity (Wildman–Crippen MR) is 115 cm³/mol. The number of aromatic amines is 1. The van der Waals surface area contributed by atoms with Crippen LogP contribution in [0.5, 0.6) is 0 Å². The van der Waals surface area contributed by atoms with Gasteiger partial charge in [-0.25, -0.2) is 5.10 Å².